The van der Waals surface area contributed by atoms with E-state index in [0.717, 1.165) is 0 Å². The number of ether oxygens (including phenoxy) is 2. The van der Waals surface area contributed by atoms with E-state index < -0.39 is 130 Å². The van der Waals surface area contributed by atoms with Gasteiger partial charge in [0.05, 0.1) is 41.1 Å². The predicted molar refractivity (Wildman–Crippen MR) is 158 cm³/mol. The fraction of sp³-hybridized carbons (Fsp3) is 0.258. The van der Waals surface area contributed by atoms with Crippen LogP contribution in [0.15, 0.2) is 53.7 Å². The van der Waals surface area contributed by atoms with Gasteiger partial charge >= 0.3 is 53.7 Å². The maximum Gasteiger partial charge on any atom is 0.336 e. The second-order valence-electron chi connectivity index (χ2n) is 10.6. The van der Waals surface area contributed by atoms with Gasteiger partial charge in [0.2, 0.25) is 0 Å². The number of hydrogen-bond acceptors (Lipinski definition) is 11. The molecule has 2 unspecified atom stereocenters. The summed E-state index contributed by atoms with van der Waals surface area (Å²) in [5, 5.41) is 71.4. The van der Waals surface area contributed by atoms with Crippen LogP contribution in [0.4, 0.5) is 0 Å². The third-order valence-electron chi connectivity index (χ3n) is 7.37. The van der Waals surface area contributed by atoms with Crippen LogP contribution in [-0.4, -0.2) is 103 Å². The second kappa shape index (κ2) is 14.4. The molecule has 0 aromatic heterocycles. The van der Waals surface area contributed by atoms with Crippen LogP contribution >= 0.6 is 0 Å². The van der Waals surface area contributed by atoms with Crippen molar-refractivity contribution in [3.05, 3.63) is 81.5 Å². The van der Waals surface area contributed by atoms with Gasteiger partial charge in [-0.2, -0.15) is 0 Å². The average molecular weight is 689 g/mol. The van der Waals surface area contributed by atoms with E-state index in [9.17, 15) is 78.9 Å². The van der Waals surface area contributed by atoms with Crippen molar-refractivity contribution < 1.29 is 88.4 Å². The SMILES string of the molecule is C=C(C)C(=O)OCCc1c(C(=O)O)cc(C2(C(=O)O)C=C(C(=O)O)C(CCOC(=O)C(=C)C)(C(=O)O)C=C2C(=O)O)c(C(=O)O)c1C(=O)O. The zero-order valence-corrected chi connectivity index (χ0v) is 25.6. The molecular formula is C31H28O18. The van der Waals surface area contributed by atoms with Gasteiger partial charge in [0.1, 0.15) is 10.8 Å². The Kier molecular flexibility index (Phi) is 11.4. The molecular weight excluding hydrogens is 660 g/mol. The van der Waals surface area contributed by atoms with E-state index in [1.165, 1.54) is 13.8 Å². The van der Waals surface area contributed by atoms with E-state index in [4.69, 9.17) is 9.47 Å². The number of aliphatic carboxylic acids is 4. The topological polar surface area (TPSA) is 314 Å². The van der Waals surface area contributed by atoms with Gasteiger partial charge in [-0.1, -0.05) is 19.2 Å². The molecule has 260 valence electrons. The van der Waals surface area contributed by atoms with E-state index in [1.54, 1.807) is 0 Å². The number of esters is 2. The Bertz CT molecular complexity index is 1810. The van der Waals surface area contributed by atoms with E-state index in [0.29, 0.717) is 6.07 Å². The standard InChI is InChI=1S/C31H28O18/c1-12(2)26(42)48-7-5-14-15(21(32)33)9-16(20(25(40)41)19(14)24(38)39)31(29(46)47)11-17(22(34)35)30(28(44)45,10-18(31)23(36)37)6-8-49-27(43)13(3)4/h9-11H,1,3,5-8H2,2,4H3,(H,32,33)(H,34,35)(H,36,37)(H,38,39)(H,40,41)(H,44,45)(H,46,47). The van der Waals surface area contributed by atoms with Crippen LogP contribution in [-0.2, 0) is 50.1 Å². The molecule has 1 aliphatic rings. The molecule has 0 heterocycles. The molecule has 1 aromatic rings. The van der Waals surface area contributed by atoms with Gasteiger partial charge in [0, 0.05) is 24.0 Å². The quantitative estimate of drug-likeness (QED) is 0.0952. The lowest BCUT2D eigenvalue weighted by Gasteiger charge is -2.39. The summed E-state index contributed by atoms with van der Waals surface area (Å²) in [6.45, 7) is 7.49. The summed E-state index contributed by atoms with van der Waals surface area (Å²) in [6, 6.07) is 0.303. The van der Waals surface area contributed by atoms with Crippen LogP contribution in [0, 0.1) is 5.41 Å². The van der Waals surface area contributed by atoms with Crippen molar-refractivity contribution >= 4 is 53.7 Å². The highest BCUT2D eigenvalue weighted by Gasteiger charge is 2.58. The lowest BCUT2D eigenvalue weighted by molar-refractivity contribution is -0.151. The largest absolute Gasteiger partial charge is 0.480 e. The van der Waals surface area contributed by atoms with E-state index in [1.807, 2.05) is 0 Å². The Morgan fingerprint density at radius 3 is 1.51 bits per heavy atom. The molecule has 7 N–H and O–H groups in total. The number of hydrogen-bond donors (Lipinski definition) is 7. The number of carboxylic acid groups (broad SMARTS) is 7. The smallest absolute Gasteiger partial charge is 0.336 e. The monoisotopic (exact) mass is 688 g/mol. The Morgan fingerprint density at radius 2 is 1.12 bits per heavy atom. The zero-order chi connectivity index (χ0) is 37.8. The average Bonchev–Trinajstić information content (AvgIpc) is 2.98. The summed E-state index contributed by atoms with van der Waals surface area (Å²) < 4.78 is 9.69. The number of rotatable bonds is 16. The third-order valence-corrected chi connectivity index (χ3v) is 7.37. The van der Waals surface area contributed by atoms with Crippen molar-refractivity contribution in [1.82, 2.24) is 0 Å². The highest BCUT2D eigenvalue weighted by Crippen LogP contribution is 2.50. The van der Waals surface area contributed by atoms with Crippen LogP contribution < -0.4 is 0 Å². The molecule has 49 heavy (non-hydrogen) atoms. The van der Waals surface area contributed by atoms with Crippen molar-refractivity contribution in [2.45, 2.75) is 32.1 Å². The molecule has 0 fully saturated rings. The van der Waals surface area contributed by atoms with E-state index in [-0.39, 0.29) is 23.3 Å². The molecule has 0 aliphatic heterocycles. The molecule has 0 radical (unpaired) electrons. The summed E-state index contributed by atoms with van der Waals surface area (Å²) in [7, 11) is 0. The first-order valence-corrected chi connectivity index (χ1v) is 13.5. The van der Waals surface area contributed by atoms with Crippen molar-refractivity contribution in [1.29, 1.82) is 0 Å². The van der Waals surface area contributed by atoms with Gasteiger partial charge in [-0.3, -0.25) is 9.59 Å². The molecule has 0 spiro atoms. The fourth-order valence-electron chi connectivity index (χ4n) is 5.09. The Morgan fingerprint density at radius 1 is 0.633 bits per heavy atom. The minimum atomic E-state index is -3.57. The first-order valence-electron chi connectivity index (χ1n) is 13.5. The molecule has 0 saturated carbocycles. The molecule has 18 nitrogen and oxygen atoms in total. The van der Waals surface area contributed by atoms with Gasteiger partial charge in [-0.25, -0.2) is 33.6 Å². The lowest BCUT2D eigenvalue weighted by atomic mass is 9.60. The van der Waals surface area contributed by atoms with Crippen molar-refractivity contribution in [3.8, 4) is 0 Å². The molecule has 1 aromatic carbocycles. The van der Waals surface area contributed by atoms with Crippen molar-refractivity contribution in [3.63, 3.8) is 0 Å². The summed E-state index contributed by atoms with van der Waals surface area (Å²) >= 11 is 0. The van der Waals surface area contributed by atoms with Gasteiger partial charge in [0.15, 0.2) is 0 Å². The first-order chi connectivity index (χ1) is 22.6. The second-order valence-corrected chi connectivity index (χ2v) is 10.6. The minimum Gasteiger partial charge on any atom is -0.480 e. The van der Waals surface area contributed by atoms with Gasteiger partial charge in [-0.15, -0.1) is 0 Å². The van der Waals surface area contributed by atoms with E-state index >= 15 is 0 Å². The Labute approximate surface area is 274 Å². The molecule has 2 rings (SSSR count). The summed E-state index contributed by atoms with van der Waals surface area (Å²) in [6.07, 6.45) is -1.57. The molecule has 0 bridgehead atoms. The third kappa shape index (κ3) is 7.22. The summed E-state index contributed by atoms with van der Waals surface area (Å²) in [5.41, 5.74) is -15.9. The van der Waals surface area contributed by atoms with Gasteiger partial charge in [-0.05, 0) is 37.1 Å². The predicted octanol–water partition coefficient (Wildman–Crippen LogP) is 1.38. The van der Waals surface area contributed by atoms with Crippen LogP contribution in [0.25, 0.3) is 0 Å². The van der Waals surface area contributed by atoms with Crippen LogP contribution in [0.5, 0.6) is 0 Å². The highest BCUT2D eigenvalue weighted by molar-refractivity contribution is 6.13. The van der Waals surface area contributed by atoms with Gasteiger partial charge < -0.3 is 45.2 Å². The maximum atomic E-state index is 13.1. The van der Waals surface area contributed by atoms with Gasteiger partial charge in [0.25, 0.3) is 0 Å². The zero-order valence-electron chi connectivity index (χ0n) is 25.6. The normalized spacial score (nSPS) is 18.2. The van der Waals surface area contributed by atoms with Crippen LogP contribution in [0.3, 0.4) is 0 Å². The van der Waals surface area contributed by atoms with Crippen molar-refractivity contribution in [2.24, 2.45) is 5.41 Å². The van der Waals surface area contributed by atoms with Crippen molar-refractivity contribution in [2.75, 3.05) is 13.2 Å². The Hall–Kier alpha value is -6.59. The number of aromatic carboxylic acids is 3. The number of carbonyl (C=O) groups excluding carboxylic acids is 2. The van der Waals surface area contributed by atoms with Crippen LogP contribution in [0.2, 0.25) is 0 Å². The minimum absolute atomic E-state index is 0.0587. The first kappa shape index (κ1) is 38.6. The summed E-state index contributed by atoms with van der Waals surface area (Å²) in [5.74, 6) is -17.4. The summed E-state index contributed by atoms with van der Waals surface area (Å²) in [4.78, 5) is 112. The Balaban J connectivity index is 3.19. The van der Waals surface area contributed by atoms with Crippen LogP contribution in [0.1, 0.15) is 62.5 Å². The number of carboxylic acids is 7. The molecule has 2 atom stereocenters. The number of carbonyl (C=O) groups is 9. The molecule has 18 heteroatoms. The lowest BCUT2D eigenvalue weighted by Crippen LogP contribution is -2.49. The maximum absolute atomic E-state index is 13.1. The molecule has 1 aliphatic carbocycles. The van der Waals surface area contributed by atoms with E-state index in [2.05, 4.69) is 13.2 Å². The number of benzene rings is 1. The molecule has 0 amide bonds. The fourth-order valence-corrected chi connectivity index (χ4v) is 5.09. The molecule has 0 saturated heterocycles. The highest BCUT2D eigenvalue weighted by atomic mass is 16.5.